The maximum Gasteiger partial charge on any atom is 0.315 e. The molecule has 0 aromatic heterocycles. The number of hydrogen-bond donors (Lipinski definition) is 2. The Morgan fingerprint density at radius 1 is 1.14 bits per heavy atom. The van der Waals surface area contributed by atoms with Gasteiger partial charge in [-0.25, -0.2) is 13.6 Å². The molecule has 1 saturated heterocycles. The number of carbonyl (C=O) groups excluding carboxylic acids is 1. The van der Waals surface area contributed by atoms with E-state index in [9.17, 15) is 13.6 Å². The molecule has 150 valence electrons. The van der Waals surface area contributed by atoms with E-state index in [-0.39, 0.29) is 12.1 Å². The largest absolute Gasteiger partial charge is 0.496 e. The molecule has 0 bridgehead atoms. The lowest BCUT2D eigenvalue weighted by Crippen LogP contribution is -2.47. The number of hydrogen-bond acceptors (Lipinski definition) is 3. The van der Waals surface area contributed by atoms with Crippen LogP contribution in [0.3, 0.4) is 0 Å². The Morgan fingerprint density at radius 2 is 1.89 bits per heavy atom. The number of amides is 2. The predicted octanol–water partition coefficient (Wildman–Crippen LogP) is 3.44. The number of carbonyl (C=O) groups is 1. The number of para-hydroxylation sites is 1. The van der Waals surface area contributed by atoms with Crippen LogP contribution in [0.1, 0.15) is 24.0 Å². The minimum Gasteiger partial charge on any atom is -0.496 e. The Labute approximate surface area is 163 Å². The third kappa shape index (κ3) is 5.42. The highest BCUT2D eigenvalue weighted by atomic mass is 19.2. The van der Waals surface area contributed by atoms with Gasteiger partial charge in [-0.15, -0.1) is 0 Å². The van der Waals surface area contributed by atoms with Crippen LogP contribution in [0.4, 0.5) is 13.6 Å². The Bertz CT molecular complexity index is 808. The third-order valence-corrected chi connectivity index (χ3v) is 4.94. The number of halogens is 2. The van der Waals surface area contributed by atoms with Gasteiger partial charge >= 0.3 is 6.03 Å². The Kier molecular flexibility index (Phi) is 6.81. The summed E-state index contributed by atoms with van der Waals surface area (Å²) in [5.74, 6) is -0.903. The monoisotopic (exact) mass is 389 g/mol. The second-order valence-corrected chi connectivity index (χ2v) is 6.94. The van der Waals surface area contributed by atoms with E-state index in [2.05, 4.69) is 15.5 Å². The molecule has 3 rings (SSSR count). The quantitative estimate of drug-likeness (QED) is 0.796. The number of benzene rings is 2. The summed E-state index contributed by atoms with van der Waals surface area (Å²) < 4.78 is 31.6. The van der Waals surface area contributed by atoms with Gasteiger partial charge in [0.25, 0.3) is 0 Å². The molecule has 7 heteroatoms. The molecule has 5 nitrogen and oxygen atoms in total. The SMILES string of the molecule is COc1ccccc1CNC(=O)NC1CCN(Cc2ccc(F)c(F)c2)CC1. The van der Waals surface area contributed by atoms with Gasteiger partial charge in [0.05, 0.1) is 7.11 Å². The van der Waals surface area contributed by atoms with Crippen LogP contribution in [0.5, 0.6) is 5.75 Å². The zero-order valence-corrected chi connectivity index (χ0v) is 15.9. The van der Waals surface area contributed by atoms with Gasteiger partial charge in [-0.2, -0.15) is 0 Å². The fraction of sp³-hybridized carbons (Fsp3) is 0.381. The number of methoxy groups -OCH3 is 1. The van der Waals surface area contributed by atoms with Crippen LogP contribution in [0.25, 0.3) is 0 Å². The van der Waals surface area contributed by atoms with Crippen molar-refractivity contribution in [3.05, 3.63) is 65.2 Å². The van der Waals surface area contributed by atoms with Crippen LogP contribution in [0.2, 0.25) is 0 Å². The highest BCUT2D eigenvalue weighted by Gasteiger charge is 2.21. The average molecular weight is 389 g/mol. The predicted molar refractivity (Wildman–Crippen MR) is 103 cm³/mol. The number of piperidine rings is 1. The summed E-state index contributed by atoms with van der Waals surface area (Å²) in [4.78, 5) is 14.4. The maximum absolute atomic E-state index is 13.3. The topological polar surface area (TPSA) is 53.6 Å². The van der Waals surface area contributed by atoms with E-state index < -0.39 is 11.6 Å². The number of nitrogens with one attached hydrogen (secondary N) is 2. The summed E-state index contributed by atoms with van der Waals surface area (Å²) in [6, 6.07) is 11.5. The number of urea groups is 1. The van der Waals surface area contributed by atoms with Crippen molar-refractivity contribution in [3.8, 4) is 5.75 Å². The molecule has 28 heavy (non-hydrogen) atoms. The van der Waals surface area contributed by atoms with Gasteiger partial charge in [0.15, 0.2) is 11.6 Å². The van der Waals surface area contributed by atoms with Crippen molar-refractivity contribution in [2.75, 3.05) is 20.2 Å². The number of ether oxygens (including phenoxy) is 1. The summed E-state index contributed by atoms with van der Waals surface area (Å²) in [5, 5.41) is 5.86. The summed E-state index contributed by atoms with van der Waals surface area (Å²) in [6.07, 6.45) is 1.62. The Hall–Kier alpha value is -2.67. The fourth-order valence-electron chi connectivity index (χ4n) is 3.39. The van der Waals surface area contributed by atoms with Crippen molar-refractivity contribution in [3.63, 3.8) is 0 Å². The minimum atomic E-state index is -0.828. The molecule has 1 aliphatic heterocycles. The molecule has 0 unspecified atom stereocenters. The molecule has 2 N–H and O–H groups in total. The van der Waals surface area contributed by atoms with Crippen molar-refractivity contribution < 1.29 is 18.3 Å². The zero-order chi connectivity index (χ0) is 19.9. The van der Waals surface area contributed by atoms with Crippen molar-refractivity contribution in [1.82, 2.24) is 15.5 Å². The first-order valence-electron chi connectivity index (χ1n) is 9.37. The van der Waals surface area contributed by atoms with Crippen LogP contribution in [0.15, 0.2) is 42.5 Å². The van der Waals surface area contributed by atoms with Gasteiger partial charge in [-0.05, 0) is 36.6 Å². The highest BCUT2D eigenvalue weighted by molar-refractivity contribution is 5.74. The summed E-state index contributed by atoms with van der Waals surface area (Å²) >= 11 is 0. The van der Waals surface area contributed by atoms with E-state index >= 15 is 0 Å². The van der Waals surface area contributed by atoms with Gasteiger partial charge < -0.3 is 15.4 Å². The van der Waals surface area contributed by atoms with Crippen molar-refractivity contribution >= 4 is 6.03 Å². The van der Waals surface area contributed by atoms with Crippen molar-refractivity contribution in [1.29, 1.82) is 0 Å². The molecule has 0 saturated carbocycles. The van der Waals surface area contributed by atoms with Crippen LogP contribution in [-0.2, 0) is 13.1 Å². The van der Waals surface area contributed by atoms with Crippen LogP contribution >= 0.6 is 0 Å². The molecule has 1 heterocycles. The maximum atomic E-state index is 13.3. The van der Waals surface area contributed by atoms with Gasteiger partial charge in [0.2, 0.25) is 0 Å². The van der Waals surface area contributed by atoms with E-state index in [4.69, 9.17) is 4.74 Å². The highest BCUT2D eigenvalue weighted by Crippen LogP contribution is 2.17. The second-order valence-electron chi connectivity index (χ2n) is 6.94. The molecule has 0 spiro atoms. The lowest BCUT2D eigenvalue weighted by Gasteiger charge is -2.32. The standard InChI is InChI=1S/C21H25F2N3O2/c1-28-20-5-3-2-4-16(20)13-24-21(27)25-17-8-10-26(11-9-17)14-15-6-7-18(22)19(23)12-15/h2-7,12,17H,8-11,13-14H2,1H3,(H2,24,25,27). The van der Waals surface area contributed by atoms with E-state index in [1.165, 1.54) is 6.07 Å². The molecule has 0 atom stereocenters. The summed E-state index contributed by atoms with van der Waals surface area (Å²) in [5.41, 5.74) is 1.67. The van der Waals surface area contributed by atoms with Gasteiger partial charge in [-0.1, -0.05) is 24.3 Å². The van der Waals surface area contributed by atoms with Crippen LogP contribution < -0.4 is 15.4 Å². The first-order valence-corrected chi connectivity index (χ1v) is 9.37. The van der Waals surface area contributed by atoms with Crippen LogP contribution in [0, 0.1) is 11.6 Å². The number of nitrogens with zero attached hydrogens (tertiary/aromatic N) is 1. The van der Waals surface area contributed by atoms with Crippen molar-refractivity contribution in [2.45, 2.75) is 32.0 Å². The zero-order valence-electron chi connectivity index (χ0n) is 15.9. The fourth-order valence-corrected chi connectivity index (χ4v) is 3.39. The smallest absolute Gasteiger partial charge is 0.315 e. The molecule has 1 fully saturated rings. The lowest BCUT2D eigenvalue weighted by molar-refractivity contribution is 0.186. The molecular weight excluding hydrogens is 364 g/mol. The van der Waals surface area contributed by atoms with Crippen molar-refractivity contribution in [2.24, 2.45) is 0 Å². The van der Waals surface area contributed by atoms with Gasteiger partial charge in [0, 0.05) is 37.8 Å². The van der Waals surface area contributed by atoms with E-state index in [1.54, 1.807) is 13.2 Å². The summed E-state index contributed by atoms with van der Waals surface area (Å²) in [7, 11) is 1.60. The van der Waals surface area contributed by atoms with Crippen LogP contribution in [-0.4, -0.2) is 37.2 Å². The Morgan fingerprint density at radius 3 is 2.61 bits per heavy atom. The minimum absolute atomic E-state index is 0.0962. The van der Waals surface area contributed by atoms with E-state index in [0.29, 0.717) is 13.1 Å². The van der Waals surface area contributed by atoms with Gasteiger partial charge in [0.1, 0.15) is 5.75 Å². The number of rotatable bonds is 6. The molecule has 2 aromatic carbocycles. The molecule has 0 aliphatic carbocycles. The molecule has 1 aliphatic rings. The second kappa shape index (κ2) is 9.50. The van der Waals surface area contributed by atoms with E-state index in [0.717, 1.165) is 48.9 Å². The first kappa shape index (κ1) is 20.1. The van der Waals surface area contributed by atoms with E-state index in [1.807, 2.05) is 24.3 Å². The van der Waals surface area contributed by atoms with Gasteiger partial charge in [-0.3, -0.25) is 4.90 Å². The first-order chi connectivity index (χ1) is 13.5. The molecule has 2 amide bonds. The third-order valence-electron chi connectivity index (χ3n) is 4.94. The Balaban J connectivity index is 1.41. The average Bonchev–Trinajstić information content (AvgIpc) is 2.71. The molecule has 2 aromatic rings. The lowest BCUT2D eigenvalue weighted by atomic mass is 10.0. The number of likely N-dealkylation sites (tertiary alicyclic amines) is 1. The molecule has 0 radical (unpaired) electrons. The molecular formula is C21H25F2N3O2. The summed E-state index contributed by atoms with van der Waals surface area (Å²) in [6.45, 7) is 2.54. The normalized spacial score (nSPS) is 15.2.